The quantitative estimate of drug-likeness (QED) is 0.775. The number of halogens is 2. The minimum atomic E-state index is -0.714. The molecule has 0 fully saturated rings. The van der Waals surface area contributed by atoms with Crippen LogP contribution in [0.4, 0.5) is 8.78 Å². The van der Waals surface area contributed by atoms with Gasteiger partial charge in [-0.15, -0.1) is 0 Å². The Balaban J connectivity index is 1.85. The molecule has 3 rings (SSSR count). The van der Waals surface area contributed by atoms with Crippen molar-refractivity contribution in [2.75, 3.05) is 0 Å². The Bertz CT molecular complexity index is 874. The molecule has 3 aromatic rings. The summed E-state index contributed by atoms with van der Waals surface area (Å²) in [7, 11) is 1.78. The zero-order valence-electron chi connectivity index (χ0n) is 13.6. The number of hydrogen-bond acceptors (Lipinski definition) is 2. The zero-order valence-corrected chi connectivity index (χ0v) is 13.6. The summed E-state index contributed by atoms with van der Waals surface area (Å²) in [6.07, 6.45) is 3.39. The highest BCUT2D eigenvalue weighted by atomic mass is 19.1. The molecule has 0 saturated carbocycles. The van der Waals surface area contributed by atoms with Gasteiger partial charge in [-0.05, 0) is 23.8 Å². The number of carbonyl (C=O) groups excluding carboxylic acids is 1. The largest absolute Gasteiger partial charge is 0.342 e. The van der Waals surface area contributed by atoms with E-state index in [-0.39, 0.29) is 18.1 Å². The van der Waals surface area contributed by atoms with Crippen LogP contribution in [0, 0.1) is 11.6 Å². The average Bonchev–Trinajstić information content (AvgIpc) is 3.01. The Morgan fingerprint density at radius 3 is 2.52 bits per heavy atom. The number of imidazole rings is 1. The third kappa shape index (κ3) is 3.91. The maximum atomic E-state index is 14.3. The average molecular weight is 341 g/mol. The van der Waals surface area contributed by atoms with Gasteiger partial charge in [-0.3, -0.25) is 4.79 Å². The Hall–Kier alpha value is -3.02. The first-order valence-corrected chi connectivity index (χ1v) is 7.80. The molecule has 128 valence electrons. The van der Waals surface area contributed by atoms with Crippen molar-refractivity contribution >= 4 is 5.91 Å². The molecule has 1 unspecified atom stereocenters. The van der Waals surface area contributed by atoms with Gasteiger partial charge in [0.25, 0.3) is 0 Å². The van der Waals surface area contributed by atoms with Gasteiger partial charge in [-0.1, -0.05) is 30.3 Å². The Labute approximate surface area is 144 Å². The smallest absolute Gasteiger partial charge is 0.225 e. The first kappa shape index (κ1) is 16.8. The Morgan fingerprint density at radius 2 is 1.88 bits per heavy atom. The highest BCUT2D eigenvalue weighted by Crippen LogP contribution is 2.23. The van der Waals surface area contributed by atoms with E-state index in [1.165, 1.54) is 18.2 Å². The summed E-state index contributed by atoms with van der Waals surface area (Å²) in [6, 6.07) is 11.3. The number of nitrogens with one attached hydrogen (secondary N) is 1. The van der Waals surface area contributed by atoms with Gasteiger partial charge in [0.05, 0.1) is 6.42 Å². The summed E-state index contributed by atoms with van der Waals surface area (Å²) in [5.74, 6) is -0.556. The molecule has 25 heavy (non-hydrogen) atoms. The molecule has 1 amide bonds. The van der Waals surface area contributed by atoms with E-state index >= 15 is 0 Å². The molecule has 6 heteroatoms. The molecule has 0 spiro atoms. The van der Waals surface area contributed by atoms with Crippen molar-refractivity contribution < 1.29 is 13.6 Å². The van der Waals surface area contributed by atoms with Crippen LogP contribution in [0.3, 0.4) is 0 Å². The predicted octanol–water partition coefficient (Wildman–Crippen LogP) is 3.15. The Kier molecular flexibility index (Phi) is 4.88. The van der Waals surface area contributed by atoms with Gasteiger partial charge in [0.2, 0.25) is 5.91 Å². The van der Waals surface area contributed by atoms with Gasteiger partial charge >= 0.3 is 0 Å². The molecule has 0 aliphatic carbocycles. The van der Waals surface area contributed by atoms with Crippen LogP contribution in [0.5, 0.6) is 0 Å². The number of nitrogens with zero attached hydrogens (tertiary/aromatic N) is 2. The number of benzene rings is 2. The molecule has 0 aliphatic heterocycles. The lowest BCUT2D eigenvalue weighted by Crippen LogP contribution is -2.32. The van der Waals surface area contributed by atoms with Crippen LogP contribution in [0.15, 0.2) is 60.9 Å². The third-order valence-corrected chi connectivity index (χ3v) is 3.92. The lowest BCUT2D eigenvalue weighted by molar-refractivity contribution is -0.121. The second kappa shape index (κ2) is 7.25. The van der Waals surface area contributed by atoms with Crippen molar-refractivity contribution in [2.45, 2.75) is 12.5 Å². The SMILES string of the molecule is Cn1ccnc1C(NC(=O)Cc1ccc(F)cc1)c1ccccc1F. The molecule has 0 aliphatic rings. The molecule has 1 heterocycles. The summed E-state index contributed by atoms with van der Waals surface area (Å²) in [6.45, 7) is 0. The standard InChI is InChI=1S/C19H17F2N3O/c1-24-11-10-22-19(24)18(15-4-2-3-5-16(15)21)23-17(25)12-13-6-8-14(20)9-7-13/h2-11,18H,12H2,1H3,(H,23,25). The fourth-order valence-electron chi connectivity index (χ4n) is 2.65. The number of amides is 1. The van der Waals surface area contributed by atoms with Gasteiger partial charge in [-0.2, -0.15) is 0 Å². The van der Waals surface area contributed by atoms with E-state index in [0.717, 1.165) is 0 Å². The van der Waals surface area contributed by atoms with Crippen molar-refractivity contribution in [3.8, 4) is 0 Å². The van der Waals surface area contributed by atoms with E-state index in [1.54, 1.807) is 54.3 Å². The highest BCUT2D eigenvalue weighted by molar-refractivity contribution is 5.79. The van der Waals surface area contributed by atoms with E-state index in [0.29, 0.717) is 17.0 Å². The summed E-state index contributed by atoms with van der Waals surface area (Å²) in [5.41, 5.74) is 1.01. The van der Waals surface area contributed by atoms with E-state index in [9.17, 15) is 13.6 Å². The molecule has 0 saturated heterocycles. The van der Waals surface area contributed by atoms with Crippen LogP contribution in [-0.2, 0) is 18.3 Å². The summed E-state index contributed by atoms with van der Waals surface area (Å²) < 4.78 is 29.0. The zero-order chi connectivity index (χ0) is 17.8. The van der Waals surface area contributed by atoms with E-state index in [1.807, 2.05) is 0 Å². The first-order chi connectivity index (χ1) is 12.0. The van der Waals surface area contributed by atoms with Gasteiger partial charge in [0.1, 0.15) is 23.5 Å². The molecular weight excluding hydrogens is 324 g/mol. The third-order valence-electron chi connectivity index (χ3n) is 3.92. The van der Waals surface area contributed by atoms with Crippen molar-refractivity contribution in [1.29, 1.82) is 0 Å². The lowest BCUT2D eigenvalue weighted by Gasteiger charge is -2.19. The van der Waals surface area contributed by atoms with Crippen molar-refractivity contribution in [1.82, 2.24) is 14.9 Å². The number of carbonyl (C=O) groups is 1. The summed E-state index contributed by atoms with van der Waals surface area (Å²) >= 11 is 0. The second-order valence-corrected chi connectivity index (χ2v) is 5.72. The predicted molar refractivity (Wildman–Crippen MR) is 89.7 cm³/mol. The number of rotatable bonds is 5. The fraction of sp³-hybridized carbons (Fsp3) is 0.158. The van der Waals surface area contributed by atoms with Crippen molar-refractivity contribution in [3.05, 3.63) is 89.5 Å². The van der Waals surface area contributed by atoms with Gasteiger partial charge < -0.3 is 9.88 Å². The van der Waals surface area contributed by atoms with Crippen LogP contribution in [0.2, 0.25) is 0 Å². The number of aryl methyl sites for hydroxylation is 1. The molecule has 4 nitrogen and oxygen atoms in total. The van der Waals surface area contributed by atoms with E-state index in [4.69, 9.17) is 0 Å². The van der Waals surface area contributed by atoms with Crippen LogP contribution in [-0.4, -0.2) is 15.5 Å². The summed E-state index contributed by atoms with van der Waals surface area (Å²) in [5, 5.41) is 2.82. The van der Waals surface area contributed by atoms with Crippen LogP contribution in [0.1, 0.15) is 23.0 Å². The van der Waals surface area contributed by atoms with Crippen LogP contribution in [0.25, 0.3) is 0 Å². The number of aromatic nitrogens is 2. The van der Waals surface area contributed by atoms with Gasteiger partial charge in [-0.25, -0.2) is 13.8 Å². The van der Waals surface area contributed by atoms with Gasteiger partial charge in [0, 0.05) is 25.0 Å². The fourth-order valence-corrected chi connectivity index (χ4v) is 2.65. The molecule has 2 aromatic carbocycles. The van der Waals surface area contributed by atoms with Gasteiger partial charge in [0.15, 0.2) is 0 Å². The van der Waals surface area contributed by atoms with Crippen molar-refractivity contribution in [3.63, 3.8) is 0 Å². The normalized spacial score (nSPS) is 12.0. The molecular formula is C19H17F2N3O. The molecule has 1 aromatic heterocycles. The maximum Gasteiger partial charge on any atom is 0.225 e. The molecule has 0 radical (unpaired) electrons. The highest BCUT2D eigenvalue weighted by Gasteiger charge is 2.23. The first-order valence-electron chi connectivity index (χ1n) is 7.80. The lowest BCUT2D eigenvalue weighted by atomic mass is 10.0. The van der Waals surface area contributed by atoms with Crippen LogP contribution < -0.4 is 5.32 Å². The minimum absolute atomic E-state index is 0.0651. The van der Waals surface area contributed by atoms with Crippen LogP contribution >= 0.6 is 0 Å². The molecule has 1 N–H and O–H groups in total. The minimum Gasteiger partial charge on any atom is -0.342 e. The second-order valence-electron chi connectivity index (χ2n) is 5.72. The molecule has 0 bridgehead atoms. The Morgan fingerprint density at radius 1 is 1.16 bits per heavy atom. The van der Waals surface area contributed by atoms with E-state index < -0.39 is 11.9 Å². The van der Waals surface area contributed by atoms with Crippen molar-refractivity contribution in [2.24, 2.45) is 7.05 Å². The van der Waals surface area contributed by atoms with E-state index in [2.05, 4.69) is 10.3 Å². The maximum absolute atomic E-state index is 14.3. The molecule has 1 atom stereocenters. The number of hydrogen-bond donors (Lipinski definition) is 1. The monoisotopic (exact) mass is 341 g/mol. The topological polar surface area (TPSA) is 46.9 Å². The summed E-state index contributed by atoms with van der Waals surface area (Å²) in [4.78, 5) is 16.7.